The minimum atomic E-state index is 0.666. The third-order valence-electron chi connectivity index (χ3n) is 1.36. The first-order valence-electron chi connectivity index (χ1n) is 3.60. The first kappa shape index (κ1) is 11.0. The molecule has 1 nitrogen and oxygen atoms in total. The molecular formula is C9H9BrClNS. The van der Waals surface area contributed by atoms with Crippen molar-refractivity contribution in [3.05, 3.63) is 34.3 Å². The van der Waals surface area contributed by atoms with Crippen molar-refractivity contribution in [2.45, 2.75) is 4.90 Å². The maximum absolute atomic E-state index is 5.76. The molecule has 4 heteroatoms. The molecule has 0 unspecified atom stereocenters. The lowest BCUT2D eigenvalue weighted by molar-refractivity contribution is 1.46. The normalized spacial score (nSPS) is 10.0. The Morgan fingerprint density at radius 1 is 1.62 bits per heavy atom. The number of thioether (sulfide) groups is 1. The lowest BCUT2D eigenvalue weighted by Crippen LogP contribution is -1.88. The second kappa shape index (κ2) is 4.94. The summed E-state index contributed by atoms with van der Waals surface area (Å²) in [4.78, 5) is 1.03. The van der Waals surface area contributed by atoms with Gasteiger partial charge in [0, 0.05) is 21.4 Å². The van der Waals surface area contributed by atoms with Crippen molar-refractivity contribution in [1.29, 1.82) is 0 Å². The van der Waals surface area contributed by atoms with Crippen LogP contribution in [0.15, 0.2) is 34.2 Å². The predicted molar refractivity (Wildman–Crippen MR) is 64.7 cm³/mol. The summed E-state index contributed by atoms with van der Waals surface area (Å²) in [6, 6.07) is 5.50. The minimum Gasteiger partial charge on any atom is -0.398 e. The average molecular weight is 279 g/mol. The predicted octanol–water partition coefficient (Wildman–Crippen LogP) is 3.92. The summed E-state index contributed by atoms with van der Waals surface area (Å²) in [6.07, 6.45) is 0. The zero-order valence-electron chi connectivity index (χ0n) is 6.89. The Kier molecular flexibility index (Phi) is 4.16. The quantitative estimate of drug-likeness (QED) is 0.670. The number of halogens is 2. The number of benzene rings is 1. The number of hydrogen-bond acceptors (Lipinski definition) is 2. The molecular weight excluding hydrogens is 270 g/mol. The van der Waals surface area contributed by atoms with E-state index in [0.717, 1.165) is 15.1 Å². The van der Waals surface area contributed by atoms with Crippen molar-refractivity contribution in [3.63, 3.8) is 0 Å². The van der Waals surface area contributed by atoms with Crippen LogP contribution < -0.4 is 5.73 Å². The molecule has 0 saturated carbocycles. The molecule has 0 saturated heterocycles. The Bertz CT molecular complexity index is 327. The van der Waals surface area contributed by atoms with Crippen LogP contribution in [0.4, 0.5) is 5.69 Å². The average Bonchev–Trinajstić information content (AvgIpc) is 2.02. The Hall–Kier alpha value is -0.120. The summed E-state index contributed by atoms with van der Waals surface area (Å²) in [5, 5.41) is 0.666. The topological polar surface area (TPSA) is 26.0 Å². The highest BCUT2D eigenvalue weighted by Gasteiger charge is 2.00. The second-order valence-electron chi connectivity index (χ2n) is 2.49. The lowest BCUT2D eigenvalue weighted by Gasteiger charge is -2.04. The van der Waals surface area contributed by atoms with E-state index >= 15 is 0 Å². The molecule has 1 rings (SSSR count). The Labute approximate surface area is 95.5 Å². The van der Waals surface area contributed by atoms with E-state index in [1.165, 1.54) is 0 Å². The number of rotatable bonds is 3. The highest BCUT2D eigenvalue weighted by atomic mass is 79.9. The summed E-state index contributed by atoms with van der Waals surface area (Å²) in [6.45, 7) is 3.75. The fraction of sp³-hybridized carbons (Fsp3) is 0.111. The van der Waals surface area contributed by atoms with Crippen molar-refractivity contribution < 1.29 is 0 Å². The van der Waals surface area contributed by atoms with Crippen molar-refractivity contribution in [2.75, 3.05) is 11.5 Å². The van der Waals surface area contributed by atoms with Gasteiger partial charge in [0.25, 0.3) is 0 Å². The third kappa shape index (κ3) is 3.63. The number of nitrogens with two attached hydrogens (primary N) is 1. The third-order valence-corrected chi connectivity index (χ3v) is 3.42. The van der Waals surface area contributed by atoms with Crippen LogP contribution in [0.1, 0.15) is 0 Å². The molecule has 0 fully saturated rings. The molecule has 0 spiro atoms. The van der Waals surface area contributed by atoms with Crippen LogP contribution in [-0.4, -0.2) is 5.75 Å². The van der Waals surface area contributed by atoms with E-state index < -0.39 is 0 Å². The van der Waals surface area contributed by atoms with Crippen LogP contribution >= 0.6 is 39.3 Å². The molecule has 2 N–H and O–H groups in total. The van der Waals surface area contributed by atoms with Gasteiger partial charge in [0.2, 0.25) is 0 Å². The van der Waals surface area contributed by atoms with Gasteiger partial charge in [-0.1, -0.05) is 34.1 Å². The van der Waals surface area contributed by atoms with Gasteiger partial charge in [-0.25, -0.2) is 0 Å². The van der Waals surface area contributed by atoms with Crippen LogP contribution in [-0.2, 0) is 0 Å². The summed E-state index contributed by atoms with van der Waals surface area (Å²) < 4.78 is 0.951. The molecule has 0 aliphatic rings. The molecule has 0 radical (unpaired) electrons. The van der Waals surface area contributed by atoms with Gasteiger partial charge in [0.05, 0.1) is 0 Å². The van der Waals surface area contributed by atoms with Crippen molar-refractivity contribution >= 4 is 45.0 Å². The van der Waals surface area contributed by atoms with E-state index in [9.17, 15) is 0 Å². The zero-order chi connectivity index (χ0) is 9.84. The minimum absolute atomic E-state index is 0.666. The molecule has 1 aromatic carbocycles. The van der Waals surface area contributed by atoms with Crippen LogP contribution in [0.3, 0.4) is 0 Å². The first-order valence-corrected chi connectivity index (χ1v) is 5.76. The van der Waals surface area contributed by atoms with Crippen molar-refractivity contribution in [1.82, 2.24) is 0 Å². The lowest BCUT2D eigenvalue weighted by atomic mass is 10.3. The van der Waals surface area contributed by atoms with E-state index in [-0.39, 0.29) is 0 Å². The van der Waals surface area contributed by atoms with E-state index in [1.807, 2.05) is 12.1 Å². The monoisotopic (exact) mass is 277 g/mol. The van der Waals surface area contributed by atoms with E-state index in [4.69, 9.17) is 17.3 Å². The smallest absolute Gasteiger partial charge is 0.0467 e. The Balaban J connectivity index is 2.72. The SMILES string of the molecule is C=C(Br)CSc1ccc(Cl)cc1N. The standard InChI is InChI=1S/C9H9BrClNS/c1-6(10)5-13-9-3-2-7(11)4-8(9)12/h2-4H,1,5,12H2. The van der Waals surface area contributed by atoms with Gasteiger partial charge in [-0.3, -0.25) is 0 Å². The zero-order valence-corrected chi connectivity index (χ0v) is 10.0. The maximum atomic E-state index is 5.76. The van der Waals surface area contributed by atoms with Crippen LogP contribution in [0.2, 0.25) is 5.02 Å². The van der Waals surface area contributed by atoms with E-state index in [2.05, 4.69) is 22.5 Å². The van der Waals surface area contributed by atoms with Gasteiger partial charge < -0.3 is 5.73 Å². The molecule has 0 aliphatic heterocycles. The fourth-order valence-electron chi connectivity index (χ4n) is 0.807. The first-order chi connectivity index (χ1) is 6.09. The van der Waals surface area contributed by atoms with Gasteiger partial charge in [-0.05, 0) is 22.7 Å². The molecule has 1 aromatic rings. The van der Waals surface area contributed by atoms with Crippen LogP contribution in [0.25, 0.3) is 0 Å². The molecule has 70 valence electrons. The molecule has 0 aromatic heterocycles. The summed E-state index contributed by atoms with van der Waals surface area (Å²) in [5.41, 5.74) is 6.47. The van der Waals surface area contributed by atoms with E-state index in [1.54, 1.807) is 17.8 Å². The maximum Gasteiger partial charge on any atom is 0.0467 e. The number of anilines is 1. The van der Waals surface area contributed by atoms with Crippen molar-refractivity contribution in [3.8, 4) is 0 Å². The highest BCUT2D eigenvalue weighted by Crippen LogP contribution is 2.29. The number of hydrogen-bond donors (Lipinski definition) is 1. The van der Waals surface area contributed by atoms with Gasteiger partial charge >= 0.3 is 0 Å². The molecule has 0 aliphatic carbocycles. The summed E-state index contributed by atoms with van der Waals surface area (Å²) in [7, 11) is 0. The Morgan fingerprint density at radius 2 is 2.31 bits per heavy atom. The number of nitrogen functional groups attached to an aromatic ring is 1. The molecule has 13 heavy (non-hydrogen) atoms. The van der Waals surface area contributed by atoms with Crippen LogP contribution in [0, 0.1) is 0 Å². The van der Waals surface area contributed by atoms with Gasteiger partial charge in [-0.2, -0.15) is 0 Å². The van der Waals surface area contributed by atoms with Gasteiger partial charge in [-0.15, -0.1) is 11.8 Å². The fourth-order valence-corrected chi connectivity index (χ4v) is 2.03. The molecule has 0 heterocycles. The second-order valence-corrected chi connectivity index (χ2v) is 5.06. The van der Waals surface area contributed by atoms with E-state index in [0.29, 0.717) is 10.7 Å². The van der Waals surface area contributed by atoms with Crippen LogP contribution in [0.5, 0.6) is 0 Å². The van der Waals surface area contributed by atoms with Gasteiger partial charge in [0.15, 0.2) is 0 Å². The summed E-state index contributed by atoms with van der Waals surface area (Å²) in [5.74, 6) is 0.811. The molecule has 0 amide bonds. The molecule has 0 atom stereocenters. The highest BCUT2D eigenvalue weighted by molar-refractivity contribution is 9.11. The summed E-state index contributed by atoms with van der Waals surface area (Å²) >= 11 is 10.7. The van der Waals surface area contributed by atoms with Gasteiger partial charge in [0.1, 0.15) is 0 Å². The molecule has 0 bridgehead atoms. The largest absolute Gasteiger partial charge is 0.398 e. The Morgan fingerprint density at radius 3 is 2.85 bits per heavy atom. The van der Waals surface area contributed by atoms with Crippen molar-refractivity contribution in [2.24, 2.45) is 0 Å².